The Morgan fingerprint density at radius 1 is 0.848 bits per heavy atom. The van der Waals surface area contributed by atoms with Crippen LogP contribution in [0.5, 0.6) is 0 Å². The fraction of sp³-hybridized carbons (Fsp3) is 0.111. The quantitative estimate of drug-likeness (QED) is 0.325. The second kappa shape index (κ2) is 8.82. The summed E-state index contributed by atoms with van der Waals surface area (Å²) in [6.45, 7) is -0.979. The van der Waals surface area contributed by atoms with Crippen LogP contribution >= 0.6 is 11.6 Å². The van der Waals surface area contributed by atoms with Gasteiger partial charge in [-0.3, -0.25) is 18.7 Å². The summed E-state index contributed by atoms with van der Waals surface area (Å²) in [5, 5.41) is -0.244. The Balaban J connectivity index is 0.000000186. The Bertz CT molecular complexity index is 1540. The van der Waals surface area contributed by atoms with Crippen LogP contribution in [0.25, 0.3) is 22.2 Å². The maximum Gasteiger partial charge on any atom is 0.420 e. The summed E-state index contributed by atoms with van der Waals surface area (Å²) < 4.78 is 62.9. The Morgan fingerprint density at radius 3 is 1.97 bits per heavy atom. The fourth-order valence-electron chi connectivity index (χ4n) is 2.82. The van der Waals surface area contributed by atoms with E-state index in [4.69, 9.17) is 23.1 Å². The largest absolute Gasteiger partial charge is 0.420 e. The lowest BCUT2D eigenvalue weighted by Crippen LogP contribution is -2.25. The molecule has 4 rings (SSSR count). The Hall–Kier alpha value is -4.07. The van der Waals surface area contributed by atoms with Crippen molar-refractivity contribution >= 4 is 45.6 Å². The highest BCUT2D eigenvalue weighted by Crippen LogP contribution is 2.27. The monoisotopic (exact) mass is 490 g/mol. The standard InChI is InChI=1S/C9H5ClF2N2O3.C9H6F2N2O3/c10-3-1-4(11)6(12)8-7(3)14(2-5(13)15)9(16)17-8;10-4-1-2-5-8(7(4)11)16-9(15)13(5)3-6(12)14/h1H,2H2,(H2,13,15);1-2H,3H2,(H2,12,14). The SMILES string of the molecule is NC(=O)Cn1c(=O)oc2c(F)c(F)cc(Cl)c21.NC(=O)Cn1c(=O)oc2c(F)c(F)ccc21. The van der Waals surface area contributed by atoms with Gasteiger partial charge in [-0.1, -0.05) is 11.6 Å². The summed E-state index contributed by atoms with van der Waals surface area (Å²) in [4.78, 5) is 44.0. The number of primary amides is 2. The number of fused-ring (bicyclic) bond motifs is 2. The van der Waals surface area contributed by atoms with Crippen LogP contribution in [0.1, 0.15) is 0 Å². The number of hydrogen-bond donors (Lipinski definition) is 2. The first-order valence-corrected chi connectivity index (χ1v) is 9.01. The summed E-state index contributed by atoms with van der Waals surface area (Å²) in [5.41, 5.74) is 8.44. The summed E-state index contributed by atoms with van der Waals surface area (Å²) in [6.07, 6.45) is 0. The number of carbonyl (C=O) groups is 2. The van der Waals surface area contributed by atoms with Crippen LogP contribution in [0.15, 0.2) is 36.6 Å². The van der Waals surface area contributed by atoms with Crippen molar-refractivity contribution in [3.63, 3.8) is 0 Å². The number of aromatic nitrogens is 2. The molecule has 10 nitrogen and oxygen atoms in total. The normalized spacial score (nSPS) is 10.9. The first-order chi connectivity index (χ1) is 15.4. The summed E-state index contributed by atoms with van der Waals surface area (Å²) >= 11 is 5.66. The van der Waals surface area contributed by atoms with Crippen molar-refractivity contribution in [1.29, 1.82) is 0 Å². The van der Waals surface area contributed by atoms with E-state index in [-0.39, 0.29) is 16.1 Å². The van der Waals surface area contributed by atoms with Crippen molar-refractivity contribution in [3.05, 3.63) is 67.6 Å². The van der Waals surface area contributed by atoms with Crippen LogP contribution in [0.2, 0.25) is 5.02 Å². The first kappa shape index (κ1) is 23.6. The van der Waals surface area contributed by atoms with Crippen molar-refractivity contribution in [2.75, 3.05) is 0 Å². The topological polar surface area (TPSA) is 156 Å². The second-order valence-corrected chi connectivity index (χ2v) is 6.79. The number of carbonyl (C=O) groups excluding carboxylic acids is 2. The average Bonchev–Trinajstić information content (AvgIpc) is 3.21. The van der Waals surface area contributed by atoms with Crippen molar-refractivity contribution < 1.29 is 36.0 Å². The van der Waals surface area contributed by atoms with E-state index in [1.54, 1.807) is 0 Å². The molecule has 4 N–H and O–H groups in total. The molecule has 2 heterocycles. The minimum absolute atomic E-state index is 0.0114. The molecular formula is C18H11ClF4N4O6. The van der Waals surface area contributed by atoms with E-state index >= 15 is 0 Å². The molecule has 2 amide bonds. The highest BCUT2D eigenvalue weighted by Gasteiger charge is 2.21. The highest BCUT2D eigenvalue weighted by atomic mass is 35.5. The van der Waals surface area contributed by atoms with Crippen LogP contribution in [0.4, 0.5) is 17.6 Å². The van der Waals surface area contributed by atoms with Gasteiger partial charge >= 0.3 is 11.5 Å². The van der Waals surface area contributed by atoms with Gasteiger partial charge in [0.1, 0.15) is 18.6 Å². The van der Waals surface area contributed by atoms with Crippen molar-refractivity contribution in [3.8, 4) is 0 Å². The third-order valence-corrected chi connectivity index (χ3v) is 4.43. The number of rotatable bonds is 4. The van der Waals surface area contributed by atoms with Crippen molar-refractivity contribution in [1.82, 2.24) is 9.13 Å². The van der Waals surface area contributed by atoms with E-state index in [0.717, 1.165) is 21.3 Å². The van der Waals surface area contributed by atoms with Gasteiger partial charge in [0.25, 0.3) is 0 Å². The smallest absolute Gasteiger partial charge is 0.404 e. The van der Waals surface area contributed by atoms with Crippen LogP contribution < -0.4 is 23.0 Å². The molecule has 0 atom stereocenters. The van der Waals surface area contributed by atoms with Gasteiger partial charge in [-0.2, -0.15) is 8.78 Å². The lowest BCUT2D eigenvalue weighted by Gasteiger charge is -2.00. The molecular weight excluding hydrogens is 480 g/mol. The van der Waals surface area contributed by atoms with Crippen molar-refractivity contribution in [2.45, 2.75) is 13.1 Å². The average molecular weight is 491 g/mol. The van der Waals surface area contributed by atoms with Gasteiger partial charge in [0, 0.05) is 0 Å². The number of halogens is 5. The number of amides is 2. The molecule has 4 aromatic rings. The lowest BCUT2D eigenvalue weighted by atomic mass is 10.3. The molecule has 2 aromatic heterocycles. The predicted octanol–water partition coefficient (Wildman–Crippen LogP) is 1.37. The van der Waals surface area contributed by atoms with E-state index in [2.05, 4.69) is 8.83 Å². The number of hydrogen-bond acceptors (Lipinski definition) is 6. The van der Waals surface area contributed by atoms with Gasteiger partial charge in [-0.05, 0) is 18.2 Å². The predicted molar refractivity (Wildman–Crippen MR) is 104 cm³/mol. The minimum Gasteiger partial charge on any atom is -0.404 e. The fourth-order valence-corrected chi connectivity index (χ4v) is 3.10. The zero-order valence-electron chi connectivity index (χ0n) is 16.0. The van der Waals surface area contributed by atoms with Gasteiger partial charge in [0.05, 0.1) is 10.5 Å². The lowest BCUT2D eigenvalue weighted by molar-refractivity contribution is -0.119. The van der Waals surface area contributed by atoms with Crippen LogP contribution in [-0.2, 0) is 22.7 Å². The molecule has 0 bridgehead atoms. The molecule has 174 valence electrons. The van der Waals surface area contributed by atoms with E-state index in [0.29, 0.717) is 6.07 Å². The summed E-state index contributed by atoms with van der Waals surface area (Å²) in [6, 6.07) is 2.66. The maximum atomic E-state index is 13.3. The summed E-state index contributed by atoms with van der Waals surface area (Å²) in [5.74, 6) is -8.61. The van der Waals surface area contributed by atoms with E-state index in [1.807, 2.05) is 0 Å². The van der Waals surface area contributed by atoms with Gasteiger partial charge in [0.15, 0.2) is 22.8 Å². The minimum atomic E-state index is -1.34. The number of benzene rings is 2. The molecule has 0 aliphatic carbocycles. The van der Waals surface area contributed by atoms with Gasteiger partial charge in [-0.15, -0.1) is 0 Å². The van der Waals surface area contributed by atoms with Crippen molar-refractivity contribution in [2.24, 2.45) is 11.5 Å². The second-order valence-electron chi connectivity index (χ2n) is 6.38. The molecule has 15 heteroatoms. The van der Waals surface area contributed by atoms with Crippen LogP contribution in [0.3, 0.4) is 0 Å². The molecule has 0 spiro atoms. The highest BCUT2D eigenvalue weighted by molar-refractivity contribution is 6.34. The van der Waals surface area contributed by atoms with Gasteiger partial charge < -0.3 is 20.3 Å². The van der Waals surface area contributed by atoms with E-state index in [9.17, 15) is 36.7 Å². The molecule has 33 heavy (non-hydrogen) atoms. The van der Waals surface area contributed by atoms with E-state index in [1.165, 1.54) is 0 Å². The maximum absolute atomic E-state index is 13.3. The Kier molecular flexibility index (Phi) is 6.30. The van der Waals surface area contributed by atoms with Gasteiger partial charge in [-0.25, -0.2) is 18.4 Å². The molecule has 0 saturated carbocycles. The molecule has 0 aliphatic rings. The number of nitrogens with two attached hydrogens (primary N) is 2. The Morgan fingerprint density at radius 2 is 1.36 bits per heavy atom. The van der Waals surface area contributed by atoms with Crippen LogP contribution in [-0.4, -0.2) is 20.9 Å². The summed E-state index contributed by atoms with van der Waals surface area (Å²) in [7, 11) is 0. The molecule has 2 aromatic carbocycles. The third-order valence-electron chi connectivity index (χ3n) is 4.14. The first-order valence-electron chi connectivity index (χ1n) is 8.63. The molecule has 0 saturated heterocycles. The molecule has 0 aliphatic heterocycles. The van der Waals surface area contributed by atoms with Crippen LogP contribution in [0, 0.1) is 23.3 Å². The van der Waals surface area contributed by atoms with E-state index < -0.39 is 70.9 Å². The zero-order chi connectivity index (χ0) is 24.6. The molecule has 0 radical (unpaired) electrons. The number of nitrogens with zero attached hydrogens (tertiary/aromatic N) is 2. The Labute approximate surface area is 183 Å². The molecule has 0 fully saturated rings. The van der Waals surface area contributed by atoms with Gasteiger partial charge in [0.2, 0.25) is 23.4 Å². The number of oxazole rings is 2. The third kappa shape index (κ3) is 4.45. The zero-order valence-corrected chi connectivity index (χ0v) is 16.8. The molecule has 0 unspecified atom stereocenters.